The first-order valence-corrected chi connectivity index (χ1v) is 5.85. The summed E-state index contributed by atoms with van der Waals surface area (Å²) in [6, 6.07) is 5.80. The monoisotopic (exact) mass is 299 g/mol. The summed E-state index contributed by atoms with van der Waals surface area (Å²) in [5, 5.41) is 11.5. The Labute approximate surface area is 108 Å². The van der Waals surface area contributed by atoms with E-state index in [1.807, 2.05) is 18.2 Å². The van der Waals surface area contributed by atoms with Gasteiger partial charge in [-0.25, -0.2) is 4.79 Å². The van der Waals surface area contributed by atoms with Crippen molar-refractivity contribution in [3.8, 4) is 5.75 Å². The number of carbonyl (C=O) groups is 1. The van der Waals surface area contributed by atoms with Gasteiger partial charge in [0.15, 0.2) is 0 Å². The Morgan fingerprint density at radius 3 is 2.94 bits per heavy atom. The molecule has 0 heterocycles. The van der Waals surface area contributed by atoms with E-state index in [2.05, 4.69) is 21.2 Å². The maximum atomic E-state index is 10.2. The maximum Gasteiger partial charge on any atom is 0.328 e. The van der Waals surface area contributed by atoms with Crippen LogP contribution in [-0.4, -0.2) is 24.7 Å². The van der Waals surface area contributed by atoms with Crippen LogP contribution in [0.4, 0.5) is 0 Å². The van der Waals surface area contributed by atoms with Crippen molar-refractivity contribution >= 4 is 21.9 Å². The Balaban J connectivity index is 2.42. The van der Waals surface area contributed by atoms with Crippen LogP contribution in [-0.2, 0) is 11.3 Å². The Morgan fingerprint density at radius 1 is 1.59 bits per heavy atom. The fraction of sp³-hybridized carbons (Fsp3) is 0.250. The van der Waals surface area contributed by atoms with Gasteiger partial charge in [-0.3, -0.25) is 0 Å². The third-order valence-corrected chi connectivity index (χ3v) is 2.69. The zero-order valence-corrected chi connectivity index (χ0v) is 11.0. The summed E-state index contributed by atoms with van der Waals surface area (Å²) in [7, 11) is 1.62. The molecule has 0 unspecified atom stereocenters. The highest BCUT2D eigenvalue weighted by Crippen LogP contribution is 2.25. The summed E-state index contributed by atoms with van der Waals surface area (Å²) in [6.45, 7) is 1.20. The van der Waals surface area contributed by atoms with Crippen LogP contribution in [0.25, 0.3) is 0 Å². The van der Waals surface area contributed by atoms with Gasteiger partial charge in [-0.2, -0.15) is 0 Å². The second-order valence-electron chi connectivity index (χ2n) is 3.34. The van der Waals surface area contributed by atoms with Gasteiger partial charge in [0, 0.05) is 19.2 Å². The molecule has 1 aromatic rings. The first kappa shape index (κ1) is 13.7. The predicted molar refractivity (Wildman–Crippen MR) is 69.2 cm³/mol. The highest BCUT2D eigenvalue weighted by molar-refractivity contribution is 9.10. The summed E-state index contributed by atoms with van der Waals surface area (Å²) in [5.41, 5.74) is 1.10. The lowest BCUT2D eigenvalue weighted by molar-refractivity contribution is -0.131. The molecular weight excluding hydrogens is 286 g/mol. The van der Waals surface area contributed by atoms with Crippen molar-refractivity contribution in [2.75, 3.05) is 13.7 Å². The molecule has 5 heteroatoms. The maximum absolute atomic E-state index is 10.2. The Hall–Kier alpha value is -1.33. The fourth-order valence-corrected chi connectivity index (χ4v) is 1.87. The number of rotatable bonds is 6. The summed E-state index contributed by atoms with van der Waals surface area (Å²) in [5.74, 6) is -0.140. The minimum Gasteiger partial charge on any atom is -0.496 e. The van der Waals surface area contributed by atoms with Crippen LogP contribution in [0.15, 0.2) is 34.8 Å². The van der Waals surface area contributed by atoms with Crippen LogP contribution in [0.2, 0.25) is 0 Å². The fourth-order valence-electron chi connectivity index (χ4n) is 1.28. The normalized spacial score (nSPS) is 10.7. The lowest BCUT2D eigenvalue weighted by atomic mass is 10.2. The van der Waals surface area contributed by atoms with Gasteiger partial charge in [0.25, 0.3) is 0 Å². The van der Waals surface area contributed by atoms with Crippen molar-refractivity contribution in [3.63, 3.8) is 0 Å². The van der Waals surface area contributed by atoms with Crippen molar-refractivity contribution in [3.05, 3.63) is 40.4 Å². The van der Waals surface area contributed by atoms with E-state index in [-0.39, 0.29) is 0 Å². The number of carboxylic acids is 1. The third kappa shape index (κ3) is 5.01. The Kier molecular flexibility index (Phi) is 5.72. The second-order valence-corrected chi connectivity index (χ2v) is 4.19. The molecule has 0 aromatic heterocycles. The first-order valence-electron chi connectivity index (χ1n) is 5.06. The van der Waals surface area contributed by atoms with Crippen LogP contribution in [0.1, 0.15) is 5.56 Å². The molecule has 0 aliphatic rings. The van der Waals surface area contributed by atoms with E-state index >= 15 is 0 Å². The van der Waals surface area contributed by atoms with Crippen LogP contribution in [0.3, 0.4) is 0 Å². The molecule has 1 rings (SSSR count). The summed E-state index contributed by atoms with van der Waals surface area (Å²) >= 11 is 3.40. The van der Waals surface area contributed by atoms with Gasteiger partial charge in [-0.1, -0.05) is 12.1 Å². The highest BCUT2D eigenvalue weighted by atomic mass is 79.9. The van der Waals surface area contributed by atoms with Crippen molar-refractivity contribution in [1.29, 1.82) is 0 Å². The van der Waals surface area contributed by atoms with E-state index in [9.17, 15) is 4.79 Å². The van der Waals surface area contributed by atoms with Crippen LogP contribution < -0.4 is 10.1 Å². The Bertz CT molecular complexity index is 418. The van der Waals surface area contributed by atoms with E-state index in [4.69, 9.17) is 9.84 Å². The molecule has 0 fully saturated rings. The van der Waals surface area contributed by atoms with Crippen molar-refractivity contribution in [1.82, 2.24) is 5.32 Å². The number of ether oxygens (including phenoxy) is 1. The molecule has 4 nitrogen and oxygen atoms in total. The molecule has 92 valence electrons. The zero-order valence-electron chi connectivity index (χ0n) is 9.44. The number of hydrogen-bond acceptors (Lipinski definition) is 3. The first-order chi connectivity index (χ1) is 8.13. The van der Waals surface area contributed by atoms with Crippen molar-refractivity contribution in [2.24, 2.45) is 0 Å². The molecule has 1 aromatic carbocycles. The molecule has 0 radical (unpaired) electrons. The van der Waals surface area contributed by atoms with Gasteiger partial charge in [-0.05, 0) is 33.6 Å². The summed E-state index contributed by atoms with van der Waals surface area (Å²) < 4.78 is 6.03. The molecule has 17 heavy (non-hydrogen) atoms. The molecule has 0 aliphatic carbocycles. The number of aliphatic carboxylic acids is 1. The molecular formula is C12H14BrNO3. The molecule has 0 aliphatic heterocycles. The molecule has 2 N–H and O–H groups in total. The van der Waals surface area contributed by atoms with Gasteiger partial charge < -0.3 is 15.2 Å². The van der Waals surface area contributed by atoms with Gasteiger partial charge in [0.05, 0.1) is 11.6 Å². The lowest BCUT2D eigenvalue weighted by Crippen LogP contribution is -2.13. The number of methoxy groups -OCH3 is 1. The quantitative estimate of drug-likeness (QED) is 0.624. The van der Waals surface area contributed by atoms with Gasteiger partial charge in [-0.15, -0.1) is 0 Å². The van der Waals surface area contributed by atoms with Crippen LogP contribution >= 0.6 is 15.9 Å². The number of halogens is 1. The second kappa shape index (κ2) is 7.09. The highest BCUT2D eigenvalue weighted by Gasteiger charge is 2.00. The standard InChI is InChI=1S/C12H14BrNO3/c1-17-11-5-4-9(7-10(11)13)8-14-6-2-3-12(15)16/h2-5,7,14H,6,8H2,1H3,(H,15,16)/b3-2+. The minimum atomic E-state index is -0.931. The van der Waals surface area contributed by atoms with Crippen LogP contribution in [0.5, 0.6) is 5.75 Å². The molecule has 0 bridgehead atoms. The average molecular weight is 300 g/mol. The molecule has 0 atom stereocenters. The van der Waals surface area contributed by atoms with E-state index < -0.39 is 5.97 Å². The van der Waals surface area contributed by atoms with Gasteiger partial charge >= 0.3 is 5.97 Å². The lowest BCUT2D eigenvalue weighted by Gasteiger charge is -2.06. The molecule has 0 spiro atoms. The largest absolute Gasteiger partial charge is 0.496 e. The molecule has 0 amide bonds. The van der Waals surface area contributed by atoms with Crippen molar-refractivity contribution in [2.45, 2.75) is 6.54 Å². The smallest absolute Gasteiger partial charge is 0.328 e. The molecule has 0 saturated heterocycles. The third-order valence-electron chi connectivity index (χ3n) is 2.07. The van der Waals surface area contributed by atoms with E-state index in [0.717, 1.165) is 21.9 Å². The van der Waals surface area contributed by atoms with E-state index in [1.54, 1.807) is 13.2 Å². The van der Waals surface area contributed by atoms with Crippen LogP contribution in [0, 0.1) is 0 Å². The SMILES string of the molecule is COc1ccc(CNC/C=C/C(=O)O)cc1Br. The van der Waals surface area contributed by atoms with Gasteiger partial charge in [0.2, 0.25) is 0 Å². The summed E-state index contributed by atoms with van der Waals surface area (Å²) in [4.78, 5) is 10.2. The molecule has 0 saturated carbocycles. The predicted octanol–water partition coefficient (Wildman–Crippen LogP) is 2.19. The summed E-state index contributed by atoms with van der Waals surface area (Å²) in [6.07, 6.45) is 2.69. The number of nitrogens with one attached hydrogen (secondary N) is 1. The number of hydrogen-bond donors (Lipinski definition) is 2. The minimum absolute atomic E-state index is 0.524. The average Bonchev–Trinajstić information content (AvgIpc) is 2.28. The van der Waals surface area contributed by atoms with Crippen molar-refractivity contribution < 1.29 is 14.6 Å². The number of benzene rings is 1. The Morgan fingerprint density at radius 2 is 2.35 bits per heavy atom. The topological polar surface area (TPSA) is 58.6 Å². The van der Waals surface area contributed by atoms with E-state index in [0.29, 0.717) is 13.1 Å². The van der Waals surface area contributed by atoms with E-state index in [1.165, 1.54) is 0 Å². The zero-order chi connectivity index (χ0) is 12.7. The number of carboxylic acid groups (broad SMARTS) is 1. The van der Waals surface area contributed by atoms with Gasteiger partial charge in [0.1, 0.15) is 5.75 Å².